The summed E-state index contributed by atoms with van der Waals surface area (Å²) in [7, 11) is 0. The predicted molar refractivity (Wildman–Crippen MR) is 79.2 cm³/mol. The van der Waals surface area contributed by atoms with Gasteiger partial charge in [-0.05, 0) is 32.1 Å². The summed E-state index contributed by atoms with van der Waals surface area (Å²) in [6.07, 6.45) is -5.33. The van der Waals surface area contributed by atoms with E-state index in [1.54, 1.807) is 13.8 Å². The van der Waals surface area contributed by atoms with E-state index < -0.39 is 41.5 Å². The molecule has 3 aliphatic rings. The lowest BCUT2D eigenvalue weighted by atomic mass is 9.71. The number of fused-ring (bicyclic) bond motifs is 1. The van der Waals surface area contributed by atoms with Gasteiger partial charge in [-0.1, -0.05) is 6.58 Å². The Labute approximate surface area is 143 Å². The highest BCUT2D eigenvalue weighted by Gasteiger charge is 2.67. The fourth-order valence-electron chi connectivity index (χ4n) is 5.03. The van der Waals surface area contributed by atoms with Crippen LogP contribution in [0.2, 0.25) is 0 Å². The first-order valence-corrected chi connectivity index (χ1v) is 8.21. The summed E-state index contributed by atoms with van der Waals surface area (Å²) in [4.78, 5) is 23.3. The Balaban J connectivity index is 1.80. The lowest BCUT2D eigenvalue weighted by molar-refractivity contribution is -0.175. The molecule has 0 N–H and O–H groups in total. The third-order valence-corrected chi connectivity index (χ3v) is 5.71. The molecular formula is C17H21F3O5. The summed E-state index contributed by atoms with van der Waals surface area (Å²) in [5, 5.41) is 0. The SMILES string of the molecule is C=C(C(=O)OC1C2CC3C(COC31)C2C(C)(C)OC(C)=O)C(F)(F)F. The van der Waals surface area contributed by atoms with Gasteiger partial charge in [0.15, 0.2) is 0 Å². The van der Waals surface area contributed by atoms with E-state index in [1.165, 1.54) is 6.92 Å². The summed E-state index contributed by atoms with van der Waals surface area (Å²) in [5.41, 5.74) is -2.35. The van der Waals surface area contributed by atoms with E-state index in [-0.39, 0.29) is 23.7 Å². The van der Waals surface area contributed by atoms with Crippen LogP contribution < -0.4 is 0 Å². The maximum absolute atomic E-state index is 12.7. The zero-order chi connectivity index (χ0) is 18.7. The molecular weight excluding hydrogens is 341 g/mol. The van der Waals surface area contributed by atoms with Crippen molar-refractivity contribution >= 4 is 11.9 Å². The standard InChI is InChI=1S/C17H21F3O5/c1-7(17(18,19)20)15(22)24-14-10-5-9-11(6-23-13(9)14)12(10)16(3,4)25-8(2)21/h9-14H,1,5-6H2,2-4H3. The van der Waals surface area contributed by atoms with Crippen LogP contribution in [0.5, 0.6) is 0 Å². The lowest BCUT2D eigenvalue weighted by Crippen LogP contribution is -2.49. The monoisotopic (exact) mass is 362 g/mol. The average Bonchev–Trinajstić information content (AvgIpc) is 3.05. The molecule has 1 aliphatic heterocycles. The van der Waals surface area contributed by atoms with Crippen molar-refractivity contribution in [3.8, 4) is 0 Å². The molecule has 2 saturated carbocycles. The number of alkyl halides is 3. The van der Waals surface area contributed by atoms with Gasteiger partial charge in [0, 0.05) is 18.8 Å². The fourth-order valence-corrected chi connectivity index (χ4v) is 5.03. The number of halogens is 3. The highest BCUT2D eigenvalue weighted by atomic mass is 19.4. The summed E-state index contributed by atoms with van der Waals surface area (Å²) < 4.78 is 54.3. The van der Waals surface area contributed by atoms with E-state index in [0.29, 0.717) is 13.0 Å². The van der Waals surface area contributed by atoms with Crippen molar-refractivity contribution in [1.29, 1.82) is 0 Å². The van der Waals surface area contributed by atoms with Gasteiger partial charge in [-0.3, -0.25) is 4.79 Å². The smallest absolute Gasteiger partial charge is 0.422 e. The molecule has 25 heavy (non-hydrogen) atoms. The summed E-state index contributed by atoms with van der Waals surface area (Å²) in [6, 6.07) is 0. The number of carbonyl (C=O) groups is 2. The first-order valence-electron chi connectivity index (χ1n) is 8.21. The van der Waals surface area contributed by atoms with E-state index in [2.05, 4.69) is 6.58 Å². The largest absolute Gasteiger partial charge is 0.460 e. The van der Waals surface area contributed by atoms with Gasteiger partial charge >= 0.3 is 18.1 Å². The van der Waals surface area contributed by atoms with Crippen LogP contribution >= 0.6 is 0 Å². The van der Waals surface area contributed by atoms with Crippen LogP contribution in [-0.4, -0.2) is 42.5 Å². The Bertz CT molecular complexity index is 612. The third kappa shape index (κ3) is 2.94. The van der Waals surface area contributed by atoms with E-state index in [1.807, 2.05) is 0 Å². The lowest BCUT2D eigenvalue weighted by Gasteiger charge is -2.41. The summed E-state index contributed by atoms with van der Waals surface area (Å²) in [5.74, 6) is -2.01. The zero-order valence-corrected chi connectivity index (χ0v) is 14.3. The zero-order valence-electron chi connectivity index (χ0n) is 14.3. The minimum absolute atomic E-state index is 0.0989. The second-order valence-corrected chi connectivity index (χ2v) is 7.59. The first kappa shape index (κ1) is 18.2. The van der Waals surface area contributed by atoms with E-state index in [4.69, 9.17) is 14.2 Å². The number of rotatable bonds is 4. The van der Waals surface area contributed by atoms with E-state index in [9.17, 15) is 22.8 Å². The fraction of sp³-hybridized carbons (Fsp3) is 0.765. The van der Waals surface area contributed by atoms with Crippen LogP contribution in [0.4, 0.5) is 13.2 Å². The molecule has 3 rings (SSSR count). The number of hydrogen-bond acceptors (Lipinski definition) is 5. The molecule has 3 fully saturated rings. The van der Waals surface area contributed by atoms with E-state index >= 15 is 0 Å². The van der Waals surface area contributed by atoms with Crippen molar-refractivity contribution in [2.75, 3.05) is 6.61 Å². The summed E-state index contributed by atoms with van der Waals surface area (Å²) in [6.45, 7) is 8.08. The molecule has 5 nitrogen and oxygen atoms in total. The van der Waals surface area contributed by atoms with Gasteiger partial charge in [0.1, 0.15) is 17.3 Å². The molecule has 0 spiro atoms. The molecule has 0 aromatic carbocycles. The van der Waals surface area contributed by atoms with Crippen molar-refractivity contribution in [3.05, 3.63) is 12.2 Å². The quantitative estimate of drug-likeness (QED) is 0.568. The molecule has 1 saturated heterocycles. The second-order valence-electron chi connectivity index (χ2n) is 7.59. The van der Waals surface area contributed by atoms with Gasteiger partial charge in [-0.25, -0.2) is 4.79 Å². The molecule has 1 heterocycles. The molecule has 2 aliphatic carbocycles. The van der Waals surface area contributed by atoms with Crippen molar-refractivity contribution in [3.63, 3.8) is 0 Å². The van der Waals surface area contributed by atoms with Crippen LogP contribution in [0.1, 0.15) is 27.2 Å². The molecule has 6 atom stereocenters. The maximum Gasteiger partial charge on any atom is 0.422 e. The Morgan fingerprint density at radius 1 is 1.16 bits per heavy atom. The molecule has 140 valence electrons. The predicted octanol–water partition coefficient (Wildman–Crippen LogP) is 2.64. The van der Waals surface area contributed by atoms with Crippen molar-refractivity contribution in [2.45, 2.75) is 51.2 Å². The number of carbonyl (C=O) groups excluding carboxylic acids is 2. The molecule has 6 unspecified atom stereocenters. The maximum atomic E-state index is 12.7. The van der Waals surface area contributed by atoms with Gasteiger partial charge in [0.2, 0.25) is 0 Å². The number of ether oxygens (including phenoxy) is 3. The Morgan fingerprint density at radius 2 is 1.80 bits per heavy atom. The van der Waals surface area contributed by atoms with Crippen LogP contribution in [-0.2, 0) is 23.8 Å². The average molecular weight is 362 g/mol. The molecule has 8 heteroatoms. The summed E-state index contributed by atoms with van der Waals surface area (Å²) >= 11 is 0. The van der Waals surface area contributed by atoms with Gasteiger partial charge in [0.25, 0.3) is 0 Å². The molecule has 0 aromatic rings. The Hall–Kier alpha value is -1.57. The van der Waals surface area contributed by atoms with Crippen LogP contribution in [0, 0.1) is 23.7 Å². The van der Waals surface area contributed by atoms with Crippen LogP contribution in [0.3, 0.4) is 0 Å². The minimum atomic E-state index is -4.83. The third-order valence-electron chi connectivity index (χ3n) is 5.71. The molecule has 0 amide bonds. The number of esters is 2. The van der Waals surface area contributed by atoms with Gasteiger partial charge in [-0.2, -0.15) is 13.2 Å². The van der Waals surface area contributed by atoms with Crippen LogP contribution in [0.15, 0.2) is 12.2 Å². The molecule has 0 aromatic heterocycles. The van der Waals surface area contributed by atoms with E-state index in [0.717, 1.165) is 0 Å². The van der Waals surface area contributed by atoms with Gasteiger partial charge < -0.3 is 14.2 Å². The number of hydrogen-bond donors (Lipinski definition) is 0. The Kier molecular flexibility index (Phi) is 4.17. The van der Waals surface area contributed by atoms with Crippen LogP contribution in [0.25, 0.3) is 0 Å². The van der Waals surface area contributed by atoms with Gasteiger partial charge in [-0.15, -0.1) is 0 Å². The van der Waals surface area contributed by atoms with Crippen molar-refractivity contribution < 1.29 is 37.0 Å². The highest BCUT2D eigenvalue weighted by molar-refractivity contribution is 5.89. The van der Waals surface area contributed by atoms with Crippen molar-refractivity contribution in [1.82, 2.24) is 0 Å². The second kappa shape index (κ2) is 5.72. The van der Waals surface area contributed by atoms with Crippen molar-refractivity contribution in [2.24, 2.45) is 23.7 Å². The highest BCUT2D eigenvalue weighted by Crippen LogP contribution is 2.61. The van der Waals surface area contributed by atoms with Gasteiger partial charge in [0.05, 0.1) is 12.7 Å². The normalized spacial score (nSPS) is 36.4. The first-order chi connectivity index (χ1) is 11.4. The molecule has 2 bridgehead atoms. The molecule has 0 radical (unpaired) electrons. The topological polar surface area (TPSA) is 61.8 Å². The Morgan fingerprint density at radius 3 is 2.36 bits per heavy atom. The minimum Gasteiger partial charge on any atom is -0.460 e.